The summed E-state index contributed by atoms with van der Waals surface area (Å²) in [5, 5.41) is 18.0. The molecular weight excluding hydrogens is 212 g/mol. The summed E-state index contributed by atoms with van der Waals surface area (Å²) in [6.45, 7) is 1.04. The Labute approximate surface area is 91.1 Å². The van der Waals surface area contributed by atoms with Crippen LogP contribution in [0.3, 0.4) is 0 Å². The normalized spacial score (nSPS) is 15.9. The lowest BCUT2D eigenvalue weighted by atomic mass is 10.0. The lowest BCUT2D eigenvalue weighted by Gasteiger charge is -2.38. The molecule has 6 heteroatoms. The number of aromatic nitrogens is 1. The van der Waals surface area contributed by atoms with Crippen molar-refractivity contribution >= 4 is 5.91 Å². The lowest BCUT2D eigenvalue weighted by Crippen LogP contribution is -2.51. The first kappa shape index (κ1) is 10.7. The molecule has 86 valence electrons. The van der Waals surface area contributed by atoms with Gasteiger partial charge in [-0.1, -0.05) is 0 Å². The third-order valence-electron chi connectivity index (χ3n) is 2.58. The van der Waals surface area contributed by atoms with Gasteiger partial charge in [0.05, 0.1) is 5.56 Å². The highest BCUT2D eigenvalue weighted by atomic mass is 16.3. The van der Waals surface area contributed by atoms with E-state index in [1.807, 2.05) is 0 Å². The number of aliphatic hydroxyl groups is 1. The number of aromatic amines is 1. The maximum absolute atomic E-state index is 11.8. The molecule has 3 N–H and O–H groups in total. The van der Waals surface area contributed by atoms with Gasteiger partial charge >= 0.3 is 0 Å². The number of amides is 1. The molecular formula is C10H12N2O4. The highest BCUT2D eigenvalue weighted by Crippen LogP contribution is 2.18. The number of H-pyrrole nitrogens is 1. The van der Waals surface area contributed by atoms with Crippen LogP contribution in [0.15, 0.2) is 16.9 Å². The van der Waals surface area contributed by atoms with Gasteiger partial charge in [-0.25, -0.2) is 0 Å². The number of nitrogens with zero attached hydrogens (tertiary/aromatic N) is 1. The van der Waals surface area contributed by atoms with Crippen LogP contribution in [0.5, 0.6) is 5.88 Å². The Morgan fingerprint density at radius 3 is 2.75 bits per heavy atom. The summed E-state index contributed by atoms with van der Waals surface area (Å²) in [5.41, 5.74) is -0.347. The standard InChI is InChI=1S/C10H12N2O4/c13-5-6-3-12(4-6)10(16)7-1-8(14)11-9(15)2-7/h1-2,6,13H,3-5H2,(H2,11,14,15). The van der Waals surface area contributed by atoms with E-state index < -0.39 is 5.56 Å². The zero-order valence-electron chi connectivity index (χ0n) is 8.51. The molecule has 16 heavy (non-hydrogen) atoms. The second-order valence-electron chi connectivity index (χ2n) is 3.88. The number of carbonyl (C=O) groups is 1. The first-order valence-electron chi connectivity index (χ1n) is 4.93. The topological polar surface area (TPSA) is 93.6 Å². The zero-order chi connectivity index (χ0) is 11.7. The van der Waals surface area contributed by atoms with Gasteiger partial charge in [-0.05, 0) is 0 Å². The van der Waals surface area contributed by atoms with E-state index in [4.69, 9.17) is 10.2 Å². The van der Waals surface area contributed by atoms with Crippen molar-refractivity contribution in [1.82, 2.24) is 9.88 Å². The van der Waals surface area contributed by atoms with Crippen LogP contribution in [0.4, 0.5) is 0 Å². The Hall–Kier alpha value is -1.82. The smallest absolute Gasteiger partial charge is 0.254 e. The van der Waals surface area contributed by atoms with Crippen molar-refractivity contribution in [2.75, 3.05) is 19.7 Å². The number of hydrogen-bond donors (Lipinski definition) is 3. The van der Waals surface area contributed by atoms with Crippen molar-refractivity contribution in [3.05, 3.63) is 28.0 Å². The molecule has 1 fully saturated rings. The highest BCUT2D eigenvalue weighted by molar-refractivity contribution is 5.94. The predicted octanol–water partition coefficient (Wildman–Crippen LogP) is -0.855. The first-order chi connectivity index (χ1) is 7.60. The number of pyridine rings is 1. The Balaban J connectivity index is 2.13. The Kier molecular flexibility index (Phi) is 2.66. The molecule has 0 atom stereocenters. The van der Waals surface area contributed by atoms with E-state index in [1.54, 1.807) is 0 Å². The van der Waals surface area contributed by atoms with Gasteiger partial charge in [-0.15, -0.1) is 0 Å². The third kappa shape index (κ3) is 1.92. The molecule has 0 spiro atoms. The molecule has 1 aliphatic rings. The highest BCUT2D eigenvalue weighted by Gasteiger charge is 2.30. The number of likely N-dealkylation sites (tertiary alicyclic amines) is 1. The summed E-state index contributed by atoms with van der Waals surface area (Å²) in [6, 6.07) is 2.37. The van der Waals surface area contributed by atoms with E-state index in [1.165, 1.54) is 11.0 Å². The molecule has 0 saturated carbocycles. The molecule has 2 heterocycles. The van der Waals surface area contributed by atoms with Gasteiger partial charge in [0.25, 0.3) is 11.5 Å². The number of carbonyl (C=O) groups excluding carboxylic acids is 1. The number of rotatable bonds is 2. The van der Waals surface area contributed by atoms with Crippen LogP contribution in [0.2, 0.25) is 0 Å². The molecule has 0 radical (unpaired) electrons. The SMILES string of the molecule is O=C(c1cc(O)[nH]c(=O)c1)N1CC(CO)C1. The average molecular weight is 224 g/mol. The van der Waals surface area contributed by atoms with Crippen LogP contribution in [0.1, 0.15) is 10.4 Å². The van der Waals surface area contributed by atoms with Crippen molar-refractivity contribution in [2.45, 2.75) is 0 Å². The van der Waals surface area contributed by atoms with E-state index >= 15 is 0 Å². The van der Waals surface area contributed by atoms with E-state index in [-0.39, 0.29) is 29.9 Å². The minimum atomic E-state index is -0.511. The third-order valence-corrected chi connectivity index (χ3v) is 2.58. The fourth-order valence-corrected chi connectivity index (χ4v) is 1.69. The molecule has 6 nitrogen and oxygen atoms in total. The summed E-state index contributed by atoms with van der Waals surface area (Å²) < 4.78 is 0. The maximum Gasteiger partial charge on any atom is 0.254 e. The van der Waals surface area contributed by atoms with Crippen molar-refractivity contribution < 1.29 is 15.0 Å². The molecule has 1 aromatic rings. The molecule has 0 bridgehead atoms. The lowest BCUT2D eigenvalue weighted by molar-refractivity contribution is 0.0361. The van der Waals surface area contributed by atoms with Crippen LogP contribution < -0.4 is 5.56 Å². The zero-order valence-corrected chi connectivity index (χ0v) is 8.51. The summed E-state index contributed by atoms with van der Waals surface area (Å²) in [6.07, 6.45) is 0. The molecule has 2 rings (SSSR count). The van der Waals surface area contributed by atoms with Crippen LogP contribution >= 0.6 is 0 Å². The molecule has 1 aliphatic heterocycles. The molecule has 0 aliphatic carbocycles. The number of hydrogen-bond acceptors (Lipinski definition) is 4. The van der Waals surface area contributed by atoms with Crippen LogP contribution in [0, 0.1) is 5.92 Å². The van der Waals surface area contributed by atoms with E-state index in [0.29, 0.717) is 13.1 Å². The Bertz CT molecular complexity index is 462. The van der Waals surface area contributed by atoms with Crippen molar-refractivity contribution in [1.29, 1.82) is 0 Å². The molecule has 1 amide bonds. The summed E-state index contributed by atoms with van der Waals surface area (Å²) in [7, 11) is 0. The van der Waals surface area contributed by atoms with E-state index in [9.17, 15) is 9.59 Å². The minimum absolute atomic E-state index is 0.0599. The van der Waals surface area contributed by atoms with Gasteiger partial charge in [-0.2, -0.15) is 0 Å². The monoisotopic (exact) mass is 224 g/mol. The first-order valence-corrected chi connectivity index (χ1v) is 4.93. The van der Waals surface area contributed by atoms with Gasteiger partial charge < -0.3 is 15.1 Å². The number of aromatic hydroxyl groups is 1. The second-order valence-corrected chi connectivity index (χ2v) is 3.88. The molecule has 0 aromatic carbocycles. The summed E-state index contributed by atoms with van der Waals surface area (Å²) in [4.78, 5) is 26.5. The largest absolute Gasteiger partial charge is 0.494 e. The van der Waals surface area contributed by atoms with Gasteiger partial charge in [0.15, 0.2) is 5.88 Å². The number of nitrogens with one attached hydrogen (secondary N) is 1. The minimum Gasteiger partial charge on any atom is -0.494 e. The van der Waals surface area contributed by atoms with Crippen LogP contribution in [-0.2, 0) is 0 Å². The van der Waals surface area contributed by atoms with Gasteiger partial charge in [0.2, 0.25) is 0 Å². The van der Waals surface area contributed by atoms with Crippen molar-refractivity contribution in [3.8, 4) is 5.88 Å². The van der Waals surface area contributed by atoms with Crippen molar-refractivity contribution in [3.63, 3.8) is 0 Å². The average Bonchev–Trinajstić information content (AvgIpc) is 2.14. The van der Waals surface area contributed by atoms with Crippen molar-refractivity contribution in [2.24, 2.45) is 5.92 Å². The van der Waals surface area contributed by atoms with Gasteiger partial charge in [-0.3, -0.25) is 14.6 Å². The maximum atomic E-state index is 11.8. The Morgan fingerprint density at radius 1 is 1.50 bits per heavy atom. The van der Waals surface area contributed by atoms with E-state index in [0.717, 1.165) is 6.07 Å². The number of aliphatic hydroxyl groups excluding tert-OH is 1. The quantitative estimate of drug-likeness (QED) is 0.609. The fourth-order valence-electron chi connectivity index (χ4n) is 1.69. The van der Waals surface area contributed by atoms with E-state index in [2.05, 4.69) is 4.98 Å². The predicted molar refractivity (Wildman–Crippen MR) is 55.2 cm³/mol. The molecule has 1 saturated heterocycles. The fraction of sp³-hybridized carbons (Fsp3) is 0.400. The molecule has 1 aromatic heterocycles. The van der Waals surface area contributed by atoms with Gasteiger partial charge in [0.1, 0.15) is 0 Å². The van der Waals surface area contributed by atoms with Crippen LogP contribution in [-0.4, -0.2) is 45.7 Å². The van der Waals surface area contributed by atoms with Gasteiger partial charge in [0, 0.05) is 37.7 Å². The second kappa shape index (κ2) is 3.97. The summed E-state index contributed by atoms with van der Waals surface area (Å²) in [5.74, 6) is -0.499. The Morgan fingerprint density at radius 2 is 2.19 bits per heavy atom. The summed E-state index contributed by atoms with van der Waals surface area (Å²) >= 11 is 0. The van der Waals surface area contributed by atoms with Crippen LogP contribution in [0.25, 0.3) is 0 Å². The molecule has 0 unspecified atom stereocenters.